The molecule has 0 radical (unpaired) electrons. The van der Waals surface area contributed by atoms with Crippen LogP contribution in [0.3, 0.4) is 0 Å². The highest BCUT2D eigenvalue weighted by Crippen LogP contribution is 2.46. The summed E-state index contributed by atoms with van der Waals surface area (Å²) >= 11 is 0. The second-order valence-corrected chi connectivity index (χ2v) is 7.86. The number of hydrogen-bond acceptors (Lipinski definition) is 5. The van der Waals surface area contributed by atoms with Gasteiger partial charge in [-0.1, -0.05) is 6.42 Å². The molecule has 7 heteroatoms. The molecule has 1 saturated carbocycles. The lowest BCUT2D eigenvalue weighted by Crippen LogP contribution is -2.44. The standard InChI is InChI=1S/C20H27N3O4/c21-19(25)14-5-4-10-23(12-14)13-18(24)22-15-6-7-16-17(11-15)27-20(26-16)8-2-1-3-9-20/h6-7,11,14H,1-5,8-10,12-13H2,(H2,21,25)(H,22,24)/t14-/m0/s1. The van der Waals surface area contributed by atoms with Gasteiger partial charge in [-0.05, 0) is 44.4 Å². The molecule has 1 atom stereocenters. The minimum absolute atomic E-state index is 0.105. The Morgan fingerprint density at radius 2 is 1.93 bits per heavy atom. The largest absolute Gasteiger partial charge is 0.448 e. The molecule has 4 rings (SSSR count). The van der Waals surface area contributed by atoms with Crippen molar-refractivity contribution in [3.05, 3.63) is 18.2 Å². The second kappa shape index (κ2) is 7.38. The quantitative estimate of drug-likeness (QED) is 0.844. The first-order valence-electron chi connectivity index (χ1n) is 9.87. The van der Waals surface area contributed by atoms with Gasteiger partial charge >= 0.3 is 0 Å². The zero-order valence-corrected chi connectivity index (χ0v) is 15.5. The summed E-state index contributed by atoms with van der Waals surface area (Å²) in [5.74, 6) is 0.375. The first-order chi connectivity index (χ1) is 13.0. The van der Waals surface area contributed by atoms with Crippen LogP contribution in [0, 0.1) is 5.92 Å². The molecule has 146 valence electrons. The van der Waals surface area contributed by atoms with Crippen molar-refractivity contribution in [3.63, 3.8) is 0 Å². The molecule has 1 aliphatic carbocycles. The van der Waals surface area contributed by atoms with Gasteiger partial charge in [0.05, 0.1) is 12.5 Å². The molecule has 1 aromatic rings. The van der Waals surface area contributed by atoms with Crippen LogP contribution in [0.15, 0.2) is 18.2 Å². The predicted octanol–water partition coefficient (Wildman–Crippen LogP) is 2.25. The normalized spacial score (nSPS) is 23.9. The number of rotatable bonds is 4. The lowest BCUT2D eigenvalue weighted by molar-refractivity contribution is -0.125. The summed E-state index contributed by atoms with van der Waals surface area (Å²) in [7, 11) is 0. The van der Waals surface area contributed by atoms with Gasteiger partial charge in [0.15, 0.2) is 11.5 Å². The molecule has 2 amide bonds. The average Bonchev–Trinajstić information content (AvgIpc) is 2.99. The topological polar surface area (TPSA) is 93.9 Å². The SMILES string of the molecule is NC(=O)[C@H]1CCCN(CC(=O)Nc2ccc3c(c2)OC2(CCCCC2)O3)C1. The molecular weight excluding hydrogens is 346 g/mol. The Kier molecular flexibility index (Phi) is 4.95. The van der Waals surface area contributed by atoms with Gasteiger partial charge in [-0.3, -0.25) is 14.5 Å². The number of ether oxygens (including phenoxy) is 2. The summed E-state index contributed by atoms with van der Waals surface area (Å²) in [4.78, 5) is 25.8. The van der Waals surface area contributed by atoms with Crippen LogP contribution in [0.4, 0.5) is 5.69 Å². The highest BCUT2D eigenvalue weighted by atomic mass is 16.7. The molecule has 7 nitrogen and oxygen atoms in total. The van der Waals surface area contributed by atoms with Crippen LogP contribution in [0.5, 0.6) is 11.5 Å². The van der Waals surface area contributed by atoms with Gasteiger partial charge in [-0.2, -0.15) is 0 Å². The summed E-state index contributed by atoms with van der Waals surface area (Å²) < 4.78 is 12.2. The number of carbonyl (C=O) groups is 2. The van der Waals surface area contributed by atoms with E-state index in [1.54, 1.807) is 0 Å². The molecule has 27 heavy (non-hydrogen) atoms. The molecule has 3 aliphatic rings. The van der Waals surface area contributed by atoms with Gasteiger partial charge in [0, 0.05) is 31.1 Å². The van der Waals surface area contributed by atoms with E-state index < -0.39 is 5.79 Å². The number of anilines is 1. The Hall–Kier alpha value is -2.28. The maximum absolute atomic E-state index is 12.4. The van der Waals surface area contributed by atoms with E-state index in [0.717, 1.165) is 50.8 Å². The van der Waals surface area contributed by atoms with E-state index in [4.69, 9.17) is 15.2 Å². The monoisotopic (exact) mass is 373 g/mol. The van der Waals surface area contributed by atoms with Gasteiger partial charge in [0.2, 0.25) is 11.8 Å². The number of primary amides is 1. The number of piperidine rings is 1. The van der Waals surface area contributed by atoms with Gasteiger partial charge in [-0.25, -0.2) is 0 Å². The van der Waals surface area contributed by atoms with Gasteiger partial charge < -0.3 is 20.5 Å². The van der Waals surface area contributed by atoms with Crippen LogP contribution in [0.25, 0.3) is 0 Å². The third-order valence-corrected chi connectivity index (χ3v) is 5.71. The van der Waals surface area contributed by atoms with Gasteiger partial charge in [0.1, 0.15) is 0 Å². The number of likely N-dealkylation sites (tertiary alicyclic amines) is 1. The number of fused-ring (bicyclic) bond motifs is 1. The van der Waals surface area contributed by atoms with Crippen molar-refractivity contribution in [3.8, 4) is 11.5 Å². The molecular formula is C20H27N3O4. The third-order valence-electron chi connectivity index (χ3n) is 5.71. The zero-order valence-electron chi connectivity index (χ0n) is 15.5. The highest BCUT2D eigenvalue weighted by Gasteiger charge is 2.42. The lowest BCUT2D eigenvalue weighted by atomic mass is 9.94. The summed E-state index contributed by atoms with van der Waals surface area (Å²) in [6.45, 7) is 1.61. The smallest absolute Gasteiger partial charge is 0.251 e. The van der Waals surface area contributed by atoms with Crippen LogP contribution in [0.1, 0.15) is 44.9 Å². The summed E-state index contributed by atoms with van der Waals surface area (Å²) in [5.41, 5.74) is 6.10. The fourth-order valence-corrected chi connectivity index (χ4v) is 4.30. The molecule has 0 aromatic heterocycles. The van der Waals surface area contributed by atoms with Crippen molar-refractivity contribution in [1.29, 1.82) is 0 Å². The van der Waals surface area contributed by atoms with E-state index >= 15 is 0 Å². The first-order valence-corrected chi connectivity index (χ1v) is 9.87. The molecule has 0 unspecified atom stereocenters. The maximum atomic E-state index is 12.4. The highest BCUT2D eigenvalue weighted by molar-refractivity contribution is 5.92. The van der Waals surface area contributed by atoms with Crippen molar-refractivity contribution in [2.75, 3.05) is 25.0 Å². The molecule has 1 saturated heterocycles. The van der Waals surface area contributed by atoms with E-state index in [1.807, 2.05) is 23.1 Å². The number of carbonyl (C=O) groups excluding carboxylic acids is 2. The second-order valence-electron chi connectivity index (χ2n) is 7.86. The number of nitrogens with two attached hydrogens (primary N) is 1. The molecule has 2 aliphatic heterocycles. The van der Waals surface area contributed by atoms with E-state index in [0.29, 0.717) is 18.0 Å². The number of benzene rings is 1. The van der Waals surface area contributed by atoms with Crippen molar-refractivity contribution in [2.24, 2.45) is 11.7 Å². The fourth-order valence-electron chi connectivity index (χ4n) is 4.30. The summed E-state index contributed by atoms with van der Waals surface area (Å²) in [6, 6.07) is 5.53. The molecule has 1 spiro atoms. The van der Waals surface area contributed by atoms with E-state index in [2.05, 4.69) is 5.32 Å². The Balaban J connectivity index is 1.35. The average molecular weight is 373 g/mol. The van der Waals surface area contributed by atoms with Gasteiger partial charge in [-0.15, -0.1) is 0 Å². The summed E-state index contributed by atoms with van der Waals surface area (Å²) in [5, 5.41) is 2.92. The zero-order chi connectivity index (χ0) is 18.9. The van der Waals surface area contributed by atoms with Crippen LogP contribution in [-0.2, 0) is 9.59 Å². The van der Waals surface area contributed by atoms with Crippen molar-refractivity contribution in [2.45, 2.75) is 50.7 Å². The van der Waals surface area contributed by atoms with Crippen molar-refractivity contribution < 1.29 is 19.1 Å². The Morgan fingerprint density at radius 3 is 2.70 bits per heavy atom. The van der Waals surface area contributed by atoms with Crippen LogP contribution in [-0.4, -0.2) is 42.1 Å². The number of nitrogens with zero attached hydrogens (tertiary/aromatic N) is 1. The third kappa shape index (κ3) is 4.03. The minimum atomic E-state index is -0.513. The first kappa shape index (κ1) is 18.1. The molecule has 0 bridgehead atoms. The maximum Gasteiger partial charge on any atom is 0.251 e. The van der Waals surface area contributed by atoms with Crippen molar-refractivity contribution >= 4 is 17.5 Å². The fraction of sp³-hybridized carbons (Fsp3) is 0.600. The molecule has 1 aromatic carbocycles. The number of nitrogens with one attached hydrogen (secondary N) is 1. The number of hydrogen-bond donors (Lipinski definition) is 2. The molecule has 3 N–H and O–H groups in total. The Labute approximate surface area is 159 Å². The van der Waals surface area contributed by atoms with Crippen LogP contribution >= 0.6 is 0 Å². The minimum Gasteiger partial charge on any atom is -0.448 e. The van der Waals surface area contributed by atoms with E-state index in [1.165, 1.54) is 6.42 Å². The Morgan fingerprint density at radius 1 is 1.15 bits per heavy atom. The number of amides is 2. The lowest BCUT2D eigenvalue weighted by Gasteiger charge is -2.31. The molecule has 2 heterocycles. The van der Waals surface area contributed by atoms with E-state index in [9.17, 15) is 9.59 Å². The van der Waals surface area contributed by atoms with Crippen molar-refractivity contribution in [1.82, 2.24) is 4.90 Å². The van der Waals surface area contributed by atoms with Crippen LogP contribution < -0.4 is 20.5 Å². The predicted molar refractivity (Wildman–Crippen MR) is 101 cm³/mol. The summed E-state index contributed by atoms with van der Waals surface area (Å²) in [6.07, 6.45) is 6.93. The van der Waals surface area contributed by atoms with E-state index in [-0.39, 0.29) is 24.3 Å². The molecule has 2 fully saturated rings. The van der Waals surface area contributed by atoms with Gasteiger partial charge in [0.25, 0.3) is 5.79 Å². The van der Waals surface area contributed by atoms with Crippen LogP contribution in [0.2, 0.25) is 0 Å². The Bertz CT molecular complexity index is 730.